The van der Waals surface area contributed by atoms with Crippen LogP contribution >= 0.6 is 0 Å². The lowest BCUT2D eigenvalue weighted by molar-refractivity contribution is 1.22. The van der Waals surface area contributed by atoms with Gasteiger partial charge in [0.1, 0.15) is 0 Å². The Balaban J connectivity index is 2.60. The second kappa shape index (κ2) is 7.09. The Hall–Kier alpha value is -2.34. The highest BCUT2D eigenvalue weighted by Crippen LogP contribution is 2.30. The number of hydrogen-bond donors (Lipinski definition) is 0. The standard InChI is InChI=1S/C22H24/c1-6-9-18-13-16(4)17(5)22(14-18)21-12-11-19(8-3)20(15-21)10-7-2/h6-8,11-15H,1-3,9-10H2,4-5H3. The van der Waals surface area contributed by atoms with Crippen molar-refractivity contribution in [2.24, 2.45) is 0 Å². The van der Waals surface area contributed by atoms with Crippen molar-refractivity contribution in [3.8, 4) is 11.1 Å². The summed E-state index contributed by atoms with van der Waals surface area (Å²) >= 11 is 0. The second-order valence-corrected chi connectivity index (χ2v) is 5.69. The Morgan fingerprint density at radius 2 is 1.64 bits per heavy atom. The first-order chi connectivity index (χ1) is 10.6. The van der Waals surface area contributed by atoms with Crippen LogP contribution in [0, 0.1) is 13.8 Å². The van der Waals surface area contributed by atoms with Crippen LogP contribution in [-0.4, -0.2) is 0 Å². The lowest BCUT2D eigenvalue weighted by atomic mass is 9.91. The van der Waals surface area contributed by atoms with Crippen LogP contribution in [-0.2, 0) is 12.8 Å². The van der Waals surface area contributed by atoms with E-state index < -0.39 is 0 Å². The molecule has 2 aromatic rings. The summed E-state index contributed by atoms with van der Waals surface area (Å²) in [5.74, 6) is 0. The molecule has 0 aliphatic rings. The van der Waals surface area contributed by atoms with Gasteiger partial charge in [-0.2, -0.15) is 0 Å². The molecule has 0 radical (unpaired) electrons. The molecule has 0 aromatic heterocycles. The maximum Gasteiger partial charge on any atom is -0.00940 e. The Morgan fingerprint density at radius 1 is 0.909 bits per heavy atom. The van der Waals surface area contributed by atoms with Crippen LogP contribution in [0.1, 0.15) is 27.8 Å². The normalized spacial score (nSPS) is 10.3. The van der Waals surface area contributed by atoms with E-state index in [9.17, 15) is 0 Å². The van der Waals surface area contributed by atoms with Crippen LogP contribution in [0.25, 0.3) is 17.2 Å². The number of hydrogen-bond acceptors (Lipinski definition) is 0. The lowest BCUT2D eigenvalue weighted by Crippen LogP contribution is -1.94. The van der Waals surface area contributed by atoms with Crippen molar-refractivity contribution in [2.45, 2.75) is 26.7 Å². The first-order valence-corrected chi connectivity index (χ1v) is 7.68. The van der Waals surface area contributed by atoms with Crippen LogP contribution in [0.15, 0.2) is 62.2 Å². The van der Waals surface area contributed by atoms with Crippen LogP contribution in [0.5, 0.6) is 0 Å². The summed E-state index contributed by atoms with van der Waals surface area (Å²) in [6.45, 7) is 16.0. The molecule has 0 heterocycles. The number of benzene rings is 2. The van der Waals surface area contributed by atoms with Crippen LogP contribution < -0.4 is 0 Å². The summed E-state index contributed by atoms with van der Waals surface area (Å²) in [4.78, 5) is 0. The minimum absolute atomic E-state index is 0.861. The zero-order valence-corrected chi connectivity index (χ0v) is 13.7. The maximum absolute atomic E-state index is 3.90. The Bertz CT molecular complexity index is 717. The van der Waals surface area contributed by atoms with Crippen LogP contribution in [0.4, 0.5) is 0 Å². The highest BCUT2D eigenvalue weighted by molar-refractivity contribution is 5.72. The third-order valence-corrected chi connectivity index (χ3v) is 4.15. The van der Waals surface area contributed by atoms with Crippen molar-refractivity contribution >= 4 is 6.08 Å². The summed E-state index contributed by atoms with van der Waals surface area (Å²) in [5.41, 5.74) is 8.99. The number of rotatable bonds is 6. The zero-order valence-electron chi connectivity index (χ0n) is 13.7. The summed E-state index contributed by atoms with van der Waals surface area (Å²) in [5, 5.41) is 0. The Labute approximate surface area is 134 Å². The molecule has 0 nitrogen and oxygen atoms in total. The van der Waals surface area contributed by atoms with Crippen LogP contribution in [0.2, 0.25) is 0 Å². The predicted molar refractivity (Wildman–Crippen MR) is 99.2 cm³/mol. The van der Waals surface area contributed by atoms with E-state index in [4.69, 9.17) is 0 Å². The minimum Gasteiger partial charge on any atom is -0.103 e. The average Bonchev–Trinajstić information content (AvgIpc) is 2.51. The monoisotopic (exact) mass is 288 g/mol. The van der Waals surface area contributed by atoms with Gasteiger partial charge in [-0.05, 0) is 65.6 Å². The molecule has 0 amide bonds. The van der Waals surface area contributed by atoms with Gasteiger partial charge in [0.15, 0.2) is 0 Å². The van der Waals surface area contributed by atoms with E-state index in [0.29, 0.717) is 0 Å². The first-order valence-electron chi connectivity index (χ1n) is 7.68. The molecule has 22 heavy (non-hydrogen) atoms. The quantitative estimate of drug-likeness (QED) is 0.566. The molecule has 0 N–H and O–H groups in total. The van der Waals surface area contributed by atoms with E-state index in [1.54, 1.807) is 0 Å². The molecule has 0 unspecified atom stereocenters. The average molecular weight is 288 g/mol. The Kier molecular flexibility index (Phi) is 5.16. The smallest absolute Gasteiger partial charge is 0.00940 e. The van der Waals surface area contributed by atoms with E-state index in [1.165, 1.54) is 38.9 Å². The molecular weight excluding hydrogens is 264 g/mol. The van der Waals surface area contributed by atoms with Crippen molar-refractivity contribution in [1.82, 2.24) is 0 Å². The second-order valence-electron chi connectivity index (χ2n) is 5.69. The van der Waals surface area contributed by atoms with Gasteiger partial charge in [-0.25, -0.2) is 0 Å². The maximum atomic E-state index is 3.90. The first kappa shape index (κ1) is 16.0. The number of aryl methyl sites for hydroxylation is 1. The van der Waals surface area contributed by atoms with Gasteiger partial charge in [-0.1, -0.05) is 55.1 Å². The van der Waals surface area contributed by atoms with Crippen molar-refractivity contribution in [2.75, 3.05) is 0 Å². The van der Waals surface area contributed by atoms with Gasteiger partial charge in [0.05, 0.1) is 0 Å². The lowest BCUT2D eigenvalue weighted by Gasteiger charge is -2.14. The molecular formula is C22H24. The zero-order chi connectivity index (χ0) is 16.1. The summed E-state index contributed by atoms with van der Waals surface area (Å²) in [7, 11) is 0. The van der Waals surface area contributed by atoms with Gasteiger partial charge < -0.3 is 0 Å². The summed E-state index contributed by atoms with van der Waals surface area (Å²) < 4.78 is 0. The molecule has 112 valence electrons. The third-order valence-electron chi connectivity index (χ3n) is 4.15. The fourth-order valence-corrected chi connectivity index (χ4v) is 2.82. The third kappa shape index (κ3) is 3.28. The minimum atomic E-state index is 0.861. The topological polar surface area (TPSA) is 0 Å². The molecule has 2 aromatic carbocycles. The van der Waals surface area contributed by atoms with Gasteiger partial charge >= 0.3 is 0 Å². The van der Waals surface area contributed by atoms with Gasteiger partial charge in [-0.15, -0.1) is 13.2 Å². The largest absolute Gasteiger partial charge is 0.103 e. The fraction of sp³-hybridized carbons (Fsp3) is 0.182. The number of allylic oxidation sites excluding steroid dienone is 2. The van der Waals surface area contributed by atoms with Gasteiger partial charge in [-0.3, -0.25) is 0 Å². The summed E-state index contributed by atoms with van der Waals surface area (Å²) in [6, 6.07) is 11.1. The van der Waals surface area contributed by atoms with Crippen molar-refractivity contribution in [3.63, 3.8) is 0 Å². The van der Waals surface area contributed by atoms with Crippen molar-refractivity contribution in [1.29, 1.82) is 0 Å². The molecule has 0 atom stereocenters. The Morgan fingerprint density at radius 3 is 2.27 bits per heavy atom. The fourth-order valence-electron chi connectivity index (χ4n) is 2.82. The van der Waals surface area contributed by atoms with E-state index in [-0.39, 0.29) is 0 Å². The highest BCUT2D eigenvalue weighted by atomic mass is 14.1. The van der Waals surface area contributed by atoms with Gasteiger partial charge in [0.25, 0.3) is 0 Å². The molecule has 0 bridgehead atoms. The van der Waals surface area contributed by atoms with Gasteiger partial charge in [0.2, 0.25) is 0 Å². The van der Waals surface area contributed by atoms with Crippen molar-refractivity contribution < 1.29 is 0 Å². The highest BCUT2D eigenvalue weighted by Gasteiger charge is 2.08. The van der Waals surface area contributed by atoms with Gasteiger partial charge in [0, 0.05) is 0 Å². The van der Waals surface area contributed by atoms with E-state index >= 15 is 0 Å². The molecule has 0 aliphatic carbocycles. The van der Waals surface area contributed by atoms with E-state index in [2.05, 4.69) is 63.9 Å². The molecule has 2 rings (SSSR count). The molecule has 0 heteroatoms. The van der Waals surface area contributed by atoms with E-state index in [0.717, 1.165) is 12.8 Å². The molecule has 0 aliphatic heterocycles. The molecule has 0 spiro atoms. The SMILES string of the molecule is C=CCc1cc(C)c(C)c(-c2ccc(C=C)c(CC=C)c2)c1. The van der Waals surface area contributed by atoms with E-state index in [1.807, 2.05) is 18.2 Å². The molecule has 0 saturated heterocycles. The molecule has 0 fully saturated rings. The van der Waals surface area contributed by atoms with Crippen LogP contribution in [0.3, 0.4) is 0 Å². The predicted octanol–water partition coefficient (Wildman–Crippen LogP) is 6.07. The molecule has 0 saturated carbocycles. The summed E-state index contributed by atoms with van der Waals surface area (Å²) in [6.07, 6.45) is 7.57. The van der Waals surface area contributed by atoms with Crippen molar-refractivity contribution in [3.05, 3.63) is 90.0 Å².